The summed E-state index contributed by atoms with van der Waals surface area (Å²) in [6.45, 7) is -0.00592. The monoisotopic (exact) mass is 314 g/mol. The van der Waals surface area contributed by atoms with E-state index in [-0.39, 0.29) is 6.98 Å². The highest BCUT2D eigenvalue weighted by atomic mass is 16.4. The van der Waals surface area contributed by atoms with Crippen LogP contribution in [0.2, 0.25) is 0 Å². The van der Waals surface area contributed by atoms with Crippen molar-refractivity contribution in [2.45, 2.75) is 0 Å². The molecule has 0 amide bonds. The normalized spacial score (nSPS) is 13.0. The van der Waals surface area contributed by atoms with Crippen LogP contribution in [0.15, 0.2) is 66.6 Å². The topological polar surface area (TPSA) is 64.5 Å². The highest BCUT2D eigenvalue weighted by Gasteiger charge is 2.20. The van der Waals surface area contributed by atoms with E-state index in [1.165, 1.54) is 10.8 Å². The Kier molecular flexibility index (Phi) is 3.76. The Morgan fingerprint density at radius 2 is 1.46 bits per heavy atom. The maximum Gasteiger partial charge on any atom is 0.488 e. The summed E-state index contributed by atoms with van der Waals surface area (Å²) < 4.78 is 0. The van der Waals surface area contributed by atoms with Crippen LogP contribution in [-0.4, -0.2) is 24.1 Å². The van der Waals surface area contributed by atoms with Gasteiger partial charge in [-0.05, 0) is 28.5 Å². The molecule has 3 aromatic carbocycles. The summed E-state index contributed by atoms with van der Waals surface area (Å²) >= 11 is 0. The first kappa shape index (κ1) is 14.9. The number of hydrogen-bond acceptors (Lipinski definition) is 4. The van der Waals surface area contributed by atoms with Crippen LogP contribution in [0.1, 0.15) is 5.56 Å². The fraction of sp³-hybridized carbons (Fsp3) is 0. The summed E-state index contributed by atoms with van der Waals surface area (Å²) in [5.74, 6) is 2.05. The molecule has 0 atom stereocenters. The molecule has 4 nitrogen and oxygen atoms in total. The summed E-state index contributed by atoms with van der Waals surface area (Å²) in [6.07, 6.45) is 2.01. The van der Waals surface area contributed by atoms with Gasteiger partial charge in [-0.3, -0.25) is 0 Å². The molecule has 0 saturated heterocycles. The Balaban J connectivity index is 1.56. The standard InChI is InChI=1S/C18H16B2N2O2/c23-20(24)15-9-7-13(8-10-15)11-12-19-21-16-5-1-3-14-4-2-6-17(22-19)18(14)16/h1-12,21-24H/b12-11+. The smallest absolute Gasteiger partial charge is 0.423 e. The molecule has 0 radical (unpaired) electrons. The van der Waals surface area contributed by atoms with E-state index in [9.17, 15) is 0 Å². The first-order chi connectivity index (χ1) is 11.7. The average Bonchev–Trinajstić information content (AvgIpc) is 2.61. The van der Waals surface area contributed by atoms with Crippen molar-refractivity contribution in [2.24, 2.45) is 0 Å². The van der Waals surface area contributed by atoms with Gasteiger partial charge in [-0.1, -0.05) is 60.6 Å². The van der Waals surface area contributed by atoms with E-state index in [1.807, 2.05) is 18.2 Å². The molecule has 3 aromatic rings. The Hall–Kier alpha value is -2.69. The van der Waals surface area contributed by atoms with Crippen LogP contribution in [0.3, 0.4) is 0 Å². The van der Waals surface area contributed by atoms with Gasteiger partial charge in [-0.25, -0.2) is 0 Å². The third kappa shape index (κ3) is 2.77. The quantitative estimate of drug-likeness (QED) is 0.559. The summed E-state index contributed by atoms with van der Waals surface area (Å²) in [4.78, 5) is 0. The van der Waals surface area contributed by atoms with Crippen molar-refractivity contribution in [1.82, 2.24) is 0 Å². The van der Waals surface area contributed by atoms with Crippen LogP contribution in [0, 0.1) is 0 Å². The molecule has 0 saturated carbocycles. The minimum Gasteiger partial charge on any atom is -0.423 e. The first-order valence-corrected chi connectivity index (χ1v) is 7.90. The molecule has 1 heterocycles. The molecular formula is C18H16B2N2O2. The van der Waals surface area contributed by atoms with E-state index in [2.05, 4.69) is 52.8 Å². The van der Waals surface area contributed by atoms with Gasteiger partial charge >= 0.3 is 14.1 Å². The lowest BCUT2D eigenvalue weighted by molar-refractivity contribution is 0.426. The summed E-state index contributed by atoms with van der Waals surface area (Å²) in [5, 5.41) is 27.7. The van der Waals surface area contributed by atoms with E-state index < -0.39 is 7.12 Å². The largest absolute Gasteiger partial charge is 0.488 e. The molecular weight excluding hydrogens is 298 g/mol. The van der Waals surface area contributed by atoms with Crippen molar-refractivity contribution in [3.63, 3.8) is 0 Å². The second-order valence-corrected chi connectivity index (χ2v) is 5.88. The molecule has 0 aromatic heterocycles. The third-order valence-electron chi connectivity index (χ3n) is 4.24. The van der Waals surface area contributed by atoms with Crippen LogP contribution in [0.5, 0.6) is 0 Å². The second-order valence-electron chi connectivity index (χ2n) is 5.88. The van der Waals surface area contributed by atoms with Crippen molar-refractivity contribution in [1.29, 1.82) is 0 Å². The van der Waals surface area contributed by atoms with Gasteiger partial charge in [-0.2, -0.15) is 0 Å². The van der Waals surface area contributed by atoms with Crippen LogP contribution >= 0.6 is 0 Å². The zero-order chi connectivity index (χ0) is 16.5. The fourth-order valence-corrected chi connectivity index (χ4v) is 3.04. The highest BCUT2D eigenvalue weighted by molar-refractivity contribution is 6.73. The van der Waals surface area contributed by atoms with Gasteiger partial charge in [-0.15, -0.1) is 0 Å². The van der Waals surface area contributed by atoms with E-state index in [4.69, 9.17) is 10.0 Å². The van der Waals surface area contributed by atoms with Crippen molar-refractivity contribution in [3.8, 4) is 0 Å². The van der Waals surface area contributed by atoms with Crippen molar-refractivity contribution >= 4 is 47.8 Å². The third-order valence-corrected chi connectivity index (χ3v) is 4.24. The number of benzene rings is 3. The number of hydrogen-bond donors (Lipinski definition) is 4. The lowest BCUT2D eigenvalue weighted by Crippen LogP contribution is -2.35. The molecule has 0 bridgehead atoms. The van der Waals surface area contributed by atoms with Gasteiger partial charge in [0.05, 0.1) is 0 Å². The highest BCUT2D eigenvalue weighted by Crippen LogP contribution is 2.33. The summed E-state index contributed by atoms with van der Waals surface area (Å²) in [6, 6.07) is 19.7. The summed E-state index contributed by atoms with van der Waals surface area (Å²) in [5.41, 5.74) is 3.73. The van der Waals surface area contributed by atoms with Crippen molar-refractivity contribution in [3.05, 3.63) is 72.2 Å². The molecule has 0 fully saturated rings. The zero-order valence-electron chi connectivity index (χ0n) is 13.0. The molecule has 24 heavy (non-hydrogen) atoms. The Morgan fingerprint density at radius 3 is 2.04 bits per heavy atom. The Bertz CT molecular complexity index is 870. The van der Waals surface area contributed by atoms with Gasteiger partial charge in [0.15, 0.2) is 0 Å². The van der Waals surface area contributed by atoms with Gasteiger partial charge in [0.1, 0.15) is 0 Å². The molecule has 6 heteroatoms. The number of nitrogens with one attached hydrogen (secondary N) is 2. The maximum atomic E-state index is 9.13. The van der Waals surface area contributed by atoms with Crippen LogP contribution in [0.4, 0.5) is 11.4 Å². The maximum absolute atomic E-state index is 9.13. The molecule has 1 aliphatic rings. The van der Waals surface area contributed by atoms with Gasteiger partial charge < -0.3 is 20.5 Å². The molecule has 116 valence electrons. The van der Waals surface area contributed by atoms with E-state index in [1.54, 1.807) is 12.1 Å². The Morgan fingerprint density at radius 1 is 0.833 bits per heavy atom. The predicted molar refractivity (Wildman–Crippen MR) is 102 cm³/mol. The van der Waals surface area contributed by atoms with Crippen molar-refractivity contribution in [2.75, 3.05) is 10.5 Å². The lowest BCUT2D eigenvalue weighted by atomic mass is 9.72. The van der Waals surface area contributed by atoms with Crippen LogP contribution in [-0.2, 0) is 0 Å². The predicted octanol–water partition coefficient (Wildman–Crippen LogP) is 2.10. The van der Waals surface area contributed by atoms with Crippen LogP contribution < -0.4 is 15.9 Å². The summed E-state index contributed by atoms with van der Waals surface area (Å²) in [7, 11) is -1.43. The van der Waals surface area contributed by atoms with E-state index in [0.29, 0.717) is 5.46 Å². The number of anilines is 2. The fourth-order valence-electron chi connectivity index (χ4n) is 3.04. The molecule has 1 aliphatic heterocycles. The van der Waals surface area contributed by atoms with Gasteiger partial charge in [0, 0.05) is 16.8 Å². The average molecular weight is 314 g/mol. The SMILES string of the molecule is OB(O)c1ccc(/C=C/B2Nc3cccc4cccc(c34)N2)cc1. The second kappa shape index (κ2) is 6.07. The van der Waals surface area contributed by atoms with Gasteiger partial charge in [0.2, 0.25) is 0 Å². The van der Waals surface area contributed by atoms with Gasteiger partial charge in [0.25, 0.3) is 0 Å². The molecule has 4 N–H and O–H groups in total. The van der Waals surface area contributed by atoms with Crippen molar-refractivity contribution < 1.29 is 10.0 Å². The molecule has 4 rings (SSSR count). The molecule has 0 aliphatic carbocycles. The minimum absolute atomic E-state index is 0.00592. The minimum atomic E-state index is -1.43. The zero-order valence-corrected chi connectivity index (χ0v) is 13.0. The number of rotatable bonds is 3. The van der Waals surface area contributed by atoms with E-state index >= 15 is 0 Å². The van der Waals surface area contributed by atoms with E-state index in [0.717, 1.165) is 16.9 Å². The van der Waals surface area contributed by atoms with Crippen LogP contribution in [0.25, 0.3) is 16.8 Å². The molecule has 0 spiro atoms. The first-order valence-electron chi connectivity index (χ1n) is 7.90. The Labute approximate surface area is 141 Å². The lowest BCUT2D eigenvalue weighted by Gasteiger charge is -2.24. The molecule has 0 unspecified atom stereocenters.